The van der Waals surface area contributed by atoms with Crippen molar-refractivity contribution in [2.45, 2.75) is 27.2 Å². The molecule has 29 heavy (non-hydrogen) atoms. The van der Waals surface area contributed by atoms with Gasteiger partial charge in [-0.2, -0.15) is 0 Å². The topological polar surface area (TPSA) is 61.2 Å². The fourth-order valence-electron chi connectivity index (χ4n) is 3.12. The quantitative estimate of drug-likeness (QED) is 0.479. The molecule has 0 saturated heterocycles. The summed E-state index contributed by atoms with van der Waals surface area (Å²) in [6.07, 6.45) is 2.67. The Morgan fingerprint density at radius 1 is 1.21 bits per heavy atom. The molecule has 0 radical (unpaired) electrons. The van der Waals surface area contributed by atoms with Crippen LogP contribution in [0.3, 0.4) is 0 Å². The zero-order valence-electron chi connectivity index (χ0n) is 16.3. The van der Waals surface area contributed by atoms with Crippen LogP contribution in [0.1, 0.15) is 30.8 Å². The van der Waals surface area contributed by atoms with E-state index >= 15 is 0 Å². The van der Waals surface area contributed by atoms with Gasteiger partial charge in [-0.25, -0.2) is 18.6 Å². The Morgan fingerprint density at radius 2 is 1.97 bits per heavy atom. The van der Waals surface area contributed by atoms with Gasteiger partial charge in [-0.3, -0.25) is 9.36 Å². The van der Waals surface area contributed by atoms with Gasteiger partial charge < -0.3 is 4.74 Å². The van der Waals surface area contributed by atoms with Gasteiger partial charge in [0.2, 0.25) is 0 Å². The predicted octanol–water partition coefficient (Wildman–Crippen LogP) is 4.11. The van der Waals surface area contributed by atoms with Crippen molar-refractivity contribution in [2.75, 3.05) is 6.61 Å². The molecule has 150 valence electrons. The Hall–Kier alpha value is -3.35. The van der Waals surface area contributed by atoms with Gasteiger partial charge in [0.15, 0.2) is 0 Å². The van der Waals surface area contributed by atoms with Gasteiger partial charge in [-0.05, 0) is 37.6 Å². The standard InChI is InChI=1S/C22H20F2N2O3/c1-4-19-25-18-12-17(24)14(9-10-20(27)29-5-2)11-15(18)22(28)26(19)21-13(3)7-6-8-16(21)23/h6-12H,4-5H2,1-3H3/b10-9+. The lowest BCUT2D eigenvalue weighted by molar-refractivity contribution is -0.137. The number of para-hydroxylation sites is 1. The molecule has 1 aromatic heterocycles. The first-order chi connectivity index (χ1) is 13.9. The van der Waals surface area contributed by atoms with Gasteiger partial charge in [0, 0.05) is 24.1 Å². The highest BCUT2D eigenvalue weighted by atomic mass is 19.1. The lowest BCUT2D eigenvalue weighted by atomic mass is 10.1. The smallest absolute Gasteiger partial charge is 0.330 e. The number of aromatic nitrogens is 2. The lowest BCUT2D eigenvalue weighted by Gasteiger charge is -2.15. The molecule has 0 aliphatic carbocycles. The second kappa shape index (κ2) is 8.34. The van der Waals surface area contributed by atoms with Gasteiger partial charge in [0.1, 0.15) is 17.5 Å². The van der Waals surface area contributed by atoms with Crippen molar-refractivity contribution in [3.63, 3.8) is 0 Å². The van der Waals surface area contributed by atoms with E-state index in [0.717, 1.165) is 12.1 Å². The van der Waals surface area contributed by atoms with Crippen LogP contribution in [0.5, 0.6) is 0 Å². The van der Waals surface area contributed by atoms with Crippen molar-refractivity contribution >= 4 is 22.9 Å². The molecule has 0 aliphatic rings. The number of aryl methyl sites for hydroxylation is 2. The van der Waals surface area contributed by atoms with Crippen LogP contribution < -0.4 is 5.56 Å². The largest absolute Gasteiger partial charge is 0.463 e. The summed E-state index contributed by atoms with van der Waals surface area (Å²) >= 11 is 0. The average molecular weight is 398 g/mol. The number of benzene rings is 2. The Kier molecular flexibility index (Phi) is 5.87. The first-order valence-electron chi connectivity index (χ1n) is 9.22. The molecule has 7 heteroatoms. The minimum Gasteiger partial charge on any atom is -0.463 e. The molecule has 0 spiro atoms. The third-order valence-corrected chi connectivity index (χ3v) is 4.47. The predicted molar refractivity (Wildman–Crippen MR) is 107 cm³/mol. The van der Waals surface area contributed by atoms with Crippen molar-refractivity contribution in [2.24, 2.45) is 0 Å². The van der Waals surface area contributed by atoms with Gasteiger partial charge >= 0.3 is 5.97 Å². The molecule has 0 atom stereocenters. The number of hydrogen-bond donors (Lipinski definition) is 0. The molecule has 3 rings (SSSR count). The van der Waals surface area contributed by atoms with Crippen molar-refractivity contribution in [1.29, 1.82) is 0 Å². The van der Waals surface area contributed by atoms with Crippen molar-refractivity contribution in [3.8, 4) is 5.69 Å². The number of hydrogen-bond acceptors (Lipinski definition) is 4. The Morgan fingerprint density at radius 3 is 2.62 bits per heavy atom. The monoisotopic (exact) mass is 398 g/mol. The number of carbonyl (C=O) groups excluding carboxylic acids is 1. The first-order valence-corrected chi connectivity index (χ1v) is 9.22. The van der Waals surface area contributed by atoms with Crippen LogP contribution in [0.15, 0.2) is 41.2 Å². The van der Waals surface area contributed by atoms with E-state index in [0.29, 0.717) is 17.8 Å². The van der Waals surface area contributed by atoms with E-state index in [-0.39, 0.29) is 28.8 Å². The molecule has 0 amide bonds. The fraction of sp³-hybridized carbons (Fsp3) is 0.227. The van der Waals surface area contributed by atoms with Crippen LogP contribution in [0, 0.1) is 18.6 Å². The molecule has 5 nitrogen and oxygen atoms in total. The van der Waals surface area contributed by atoms with Crippen LogP contribution in [0.4, 0.5) is 8.78 Å². The van der Waals surface area contributed by atoms with Gasteiger partial charge in [0.05, 0.1) is 23.2 Å². The van der Waals surface area contributed by atoms with Crippen molar-refractivity contribution in [3.05, 3.63) is 75.3 Å². The van der Waals surface area contributed by atoms with Crippen LogP contribution in [-0.2, 0) is 16.0 Å². The van der Waals surface area contributed by atoms with E-state index in [4.69, 9.17) is 4.74 Å². The molecule has 0 fully saturated rings. The summed E-state index contributed by atoms with van der Waals surface area (Å²) in [5, 5.41) is 0.120. The summed E-state index contributed by atoms with van der Waals surface area (Å²) in [6, 6.07) is 6.98. The van der Waals surface area contributed by atoms with Gasteiger partial charge in [-0.1, -0.05) is 19.1 Å². The average Bonchev–Trinajstić information content (AvgIpc) is 2.68. The van der Waals surface area contributed by atoms with E-state index < -0.39 is 23.2 Å². The molecule has 1 heterocycles. The highest BCUT2D eigenvalue weighted by Crippen LogP contribution is 2.22. The molecule has 2 aromatic carbocycles. The summed E-state index contributed by atoms with van der Waals surface area (Å²) in [7, 11) is 0. The molecule has 0 saturated carbocycles. The molecular weight excluding hydrogens is 378 g/mol. The third-order valence-electron chi connectivity index (χ3n) is 4.47. The second-order valence-electron chi connectivity index (χ2n) is 6.40. The number of esters is 1. The summed E-state index contributed by atoms with van der Waals surface area (Å²) in [5.41, 5.74) is 0.392. The first kappa shape index (κ1) is 20.4. The zero-order chi connectivity index (χ0) is 21.1. The molecule has 0 N–H and O–H groups in total. The molecular formula is C22H20F2N2O3. The summed E-state index contributed by atoms with van der Waals surface area (Å²) < 4.78 is 35.0. The normalized spacial score (nSPS) is 11.3. The number of nitrogens with zero attached hydrogens (tertiary/aromatic N) is 2. The van der Waals surface area contributed by atoms with E-state index in [1.807, 2.05) is 0 Å². The second-order valence-corrected chi connectivity index (χ2v) is 6.40. The Labute approximate surface area is 166 Å². The highest BCUT2D eigenvalue weighted by Gasteiger charge is 2.18. The highest BCUT2D eigenvalue weighted by molar-refractivity contribution is 5.88. The van der Waals surface area contributed by atoms with Crippen LogP contribution >= 0.6 is 0 Å². The van der Waals surface area contributed by atoms with E-state index in [9.17, 15) is 18.4 Å². The third kappa shape index (κ3) is 3.94. The number of carbonyl (C=O) groups is 1. The van der Waals surface area contributed by atoms with E-state index in [1.54, 1.807) is 32.9 Å². The SMILES string of the molecule is CCOC(=O)/C=C/c1cc2c(=O)n(-c3c(C)cccc3F)c(CC)nc2cc1F. The van der Waals surface area contributed by atoms with Gasteiger partial charge in [-0.15, -0.1) is 0 Å². The number of fused-ring (bicyclic) bond motifs is 1. The Balaban J connectivity index is 2.27. The van der Waals surface area contributed by atoms with Crippen LogP contribution in [0.25, 0.3) is 22.7 Å². The Bertz CT molecular complexity index is 1160. The zero-order valence-corrected chi connectivity index (χ0v) is 16.3. The van der Waals surface area contributed by atoms with E-state index in [2.05, 4.69) is 4.98 Å². The fourth-order valence-corrected chi connectivity index (χ4v) is 3.12. The maximum atomic E-state index is 14.5. The van der Waals surface area contributed by atoms with Crippen LogP contribution in [0.2, 0.25) is 0 Å². The minimum atomic E-state index is -0.633. The van der Waals surface area contributed by atoms with Crippen LogP contribution in [-0.4, -0.2) is 22.1 Å². The summed E-state index contributed by atoms with van der Waals surface area (Å²) in [5.74, 6) is -1.48. The number of rotatable bonds is 5. The summed E-state index contributed by atoms with van der Waals surface area (Å²) in [6.45, 7) is 5.34. The summed E-state index contributed by atoms with van der Waals surface area (Å²) in [4.78, 5) is 29.1. The maximum absolute atomic E-state index is 14.5. The number of ether oxygens (including phenoxy) is 1. The number of halogens is 2. The van der Waals surface area contributed by atoms with Crippen molar-refractivity contribution in [1.82, 2.24) is 9.55 Å². The molecule has 0 aliphatic heterocycles. The lowest BCUT2D eigenvalue weighted by Crippen LogP contribution is -2.25. The van der Waals surface area contributed by atoms with E-state index in [1.165, 1.54) is 22.8 Å². The minimum absolute atomic E-state index is 0.0329. The van der Waals surface area contributed by atoms with Gasteiger partial charge in [0.25, 0.3) is 5.56 Å². The molecule has 0 bridgehead atoms. The van der Waals surface area contributed by atoms with Crippen molar-refractivity contribution < 1.29 is 18.3 Å². The molecule has 0 unspecified atom stereocenters. The maximum Gasteiger partial charge on any atom is 0.330 e. The molecule has 3 aromatic rings.